The monoisotopic (exact) mass is 199 g/mol. The molecule has 0 aromatic heterocycles. The highest BCUT2D eigenvalue weighted by molar-refractivity contribution is 7.99. The van der Waals surface area contributed by atoms with Gasteiger partial charge in [-0.15, -0.1) is 0 Å². The second-order valence-corrected chi connectivity index (χ2v) is 5.76. The Balaban J connectivity index is 1.69. The van der Waals surface area contributed by atoms with Crippen molar-refractivity contribution in [1.29, 1.82) is 0 Å². The smallest absolute Gasteiger partial charge is 0.00853 e. The van der Waals surface area contributed by atoms with Gasteiger partial charge in [-0.1, -0.05) is 6.42 Å². The van der Waals surface area contributed by atoms with Crippen LogP contribution >= 0.6 is 11.8 Å². The van der Waals surface area contributed by atoms with E-state index >= 15 is 0 Å². The Morgan fingerprint density at radius 2 is 1.85 bits per heavy atom. The van der Waals surface area contributed by atoms with Gasteiger partial charge in [0, 0.05) is 12.1 Å². The van der Waals surface area contributed by atoms with Crippen LogP contribution in [0.25, 0.3) is 0 Å². The predicted octanol–water partition coefficient (Wildman–Crippen LogP) is 2.66. The second-order valence-electron chi connectivity index (χ2n) is 4.53. The average molecular weight is 199 g/mol. The van der Waals surface area contributed by atoms with E-state index in [-0.39, 0.29) is 0 Å². The molecule has 0 aromatic rings. The van der Waals surface area contributed by atoms with E-state index in [1.54, 1.807) is 0 Å². The molecule has 1 atom stereocenters. The lowest BCUT2D eigenvalue weighted by Gasteiger charge is -2.35. The Hall–Kier alpha value is 0.310. The van der Waals surface area contributed by atoms with Crippen molar-refractivity contribution in [1.82, 2.24) is 5.32 Å². The van der Waals surface area contributed by atoms with Gasteiger partial charge in [0.2, 0.25) is 0 Å². The fourth-order valence-corrected chi connectivity index (χ4v) is 3.42. The molecule has 0 amide bonds. The molecule has 2 aliphatic rings. The van der Waals surface area contributed by atoms with Gasteiger partial charge in [0.1, 0.15) is 0 Å². The maximum Gasteiger partial charge on any atom is 0.00853 e. The molecular formula is C11H21NS. The van der Waals surface area contributed by atoms with Crippen LogP contribution in [0.5, 0.6) is 0 Å². The van der Waals surface area contributed by atoms with E-state index in [1.165, 1.54) is 43.6 Å². The summed E-state index contributed by atoms with van der Waals surface area (Å²) in [6, 6.07) is 1.61. The van der Waals surface area contributed by atoms with Gasteiger partial charge in [-0.2, -0.15) is 11.8 Å². The molecule has 0 spiro atoms. The van der Waals surface area contributed by atoms with Crippen LogP contribution in [-0.2, 0) is 0 Å². The number of thioether (sulfide) groups is 1. The van der Waals surface area contributed by atoms with Crippen LogP contribution < -0.4 is 5.32 Å². The molecule has 1 aliphatic carbocycles. The highest BCUT2D eigenvalue weighted by Gasteiger charge is 2.25. The summed E-state index contributed by atoms with van der Waals surface area (Å²) in [5.41, 5.74) is 0. The zero-order valence-corrected chi connectivity index (χ0v) is 9.41. The van der Waals surface area contributed by atoms with Crippen LogP contribution in [0.3, 0.4) is 0 Å². The van der Waals surface area contributed by atoms with Gasteiger partial charge < -0.3 is 5.32 Å². The second kappa shape index (κ2) is 4.70. The van der Waals surface area contributed by atoms with Gasteiger partial charge in [-0.3, -0.25) is 0 Å². The standard InChI is InChI=1S/C11H21NS/c1-9(10-3-2-4-10)12-11-5-7-13-8-6-11/h9-12H,2-8H2,1H3/t9-/m1/s1. The molecule has 2 fully saturated rings. The molecule has 0 aromatic carbocycles. The first kappa shape index (κ1) is 9.85. The molecule has 0 bridgehead atoms. The van der Waals surface area contributed by atoms with Crippen molar-refractivity contribution in [3.63, 3.8) is 0 Å². The first-order chi connectivity index (χ1) is 6.36. The lowest BCUT2D eigenvalue weighted by Crippen LogP contribution is -2.44. The summed E-state index contributed by atoms with van der Waals surface area (Å²) in [6.45, 7) is 2.38. The molecule has 1 aliphatic heterocycles. The van der Waals surface area contributed by atoms with Gasteiger partial charge in [0.15, 0.2) is 0 Å². The van der Waals surface area contributed by atoms with Gasteiger partial charge in [0.05, 0.1) is 0 Å². The third kappa shape index (κ3) is 2.63. The first-order valence-corrected chi connectivity index (χ1v) is 6.85. The fraction of sp³-hybridized carbons (Fsp3) is 1.00. The van der Waals surface area contributed by atoms with Crippen molar-refractivity contribution >= 4 is 11.8 Å². The van der Waals surface area contributed by atoms with Crippen LogP contribution in [0.4, 0.5) is 0 Å². The van der Waals surface area contributed by atoms with E-state index in [9.17, 15) is 0 Å². The largest absolute Gasteiger partial charge is 0.311 e. The molecule has 1 nitrogen and oxygen atoms in total. The minimum absolute atomic E-state index is 0.779. The summed E-state index contributed by atoms with van der Waals surface area (Å²) in [5.74, 6) is 3.74. The molecule has 1 saturated heterocycles. The quantitative estimate of drug-likeness (QED) is 0.750. The molecule has 1 N–H and O–H groups in total. The van der Waals surface area contributed by atoms with Gasteiger partial charge in [0.25, 0.3) is 0 Å². The maximum absolute atomic E-state index is 3.81. The van der Waals surface area contributed by atoms with E-state index in [2.05, 4.69) is 24.0 Å². The molecular weight excluding hydrogens is 178 g/mol. The van der Waals surface area contributed by atoms with Gasteiger partial charge >= 0.3 is 0 Å². The third-order valence-electron chi connectivity index (χ3n) is 3.58. The Morgan fingerprint density at radius 1 is 1.15 bits per heavy atom. The summed E-state index contributed by atoms with van der Waals surface area (Å²) < 4.78 is 0. The van der Waals surface area contributed by atoms with Crippen LogP contribution in [0.1, 0.15) is 39.0 Å². The van der Waals surface area contributed by atoms with Crippen molar-refractivity contribution in [2.24, 2.45) is 5.92 Å². The molecule has 76 valence electrons. The number of nitrogens with one attached hydrogen (secondary N) is 1. The highest BCUT2D eigenvalue weighted by Crippen LogP contribution is 2.30. The normalized spacial score (nSPS) is 28.4. The number of rotatable bonds is 3. The molecule has 1 saturated carbocycles. The van der Waals surface area contributed by atoms with Crippen LogP contribution in [0, 0.1) is 5.92 Å². The van der Waals surface area contributed by atoms with Gasteiger partial charge in [-0.25, -0.2) is 0 Å². The van der Waals surface area contributed by atoms with Crippen molar-refractivity contribution < 1.29 is 0 Å². The van der Waals surface area contributed by atoms with E-state index in [4.69, 9.17) is 0 Å². The zero-order valence-electron chi connectivity index (χ0n) is 8.59. The van der Waals surface area contributed by atoms with Crippen molar-refractivity contribution in [2.45, 2.75) is 51.1 Å². The lowest BCUT2D eigenvalue weighted by molar-refractivity contribution is 0.223. The highest BCUT2D eigenvalue weighted by atomic mass is 32.2. The molecule has 0 unspecified atom stereocenters. The predicted molar refractivity (Wildman–Crippen MR) is 60.3 cm³/mol. The molecule has 0 radical (unpaired) electrons. The van der Waals surface area contributed by atoms with Crippen molar-refractivity contribution in [2.75, 3.05) is 11.5 Å². The average Bonchev–Trinajstić information content (AvgIpc) is 2.02. The fourth-order valence-electron chi connectivity index (χ4n) is 2.31. The van der Waals surface area contributed by atoms with E-state index in [0.717, 1.165) is 18.0 Å². The number of hydrogen-bond donors (Lipinski definition) is 1. The van der Waals surface area contributed by atoms with Crippen LogP contribution in [0.15, 0.2) is 0 Å². The van der Waals surface area contributed by atoms with E-state index in [0.29, 0.717) is 0 Å². The SMILES string of the molecule is C[C@@H](NC1CCSCC1)C1CCC1. The lowest BCUT2D eigenvalue weighted by atomic mass is 9.80. The molecule has 1 heterocycles. The molecule has 2 rings (SSSR count). The summed E-state index contributed by atoms with van der Waals surface area (Å²) in [7, 11) is 0. The van der Waals surface area contributed by atoms with Crippen molar-refractivity contribution in [3.05, 3.63) is 0 Å². The Kier molecular flexibility index (Phi) is 3.56. The van der Waals surface area contributed by atoms with Gasteiger partial charge in [-0.05, 0) is 50.0 Å². The van der Waals surface area contributed by atoms with Crippen molar-refractivity contribution in [3.8, 4) is 0 Å². The topological polar surface area (TPSA) is 12.0 Å². The summed E-state index contributed by atoms with van der Waals surface area (Å²) in [6.07, 6.45) is 7.19. The van der Waals surface area contributed by atoms with Crippen LogP contribution in [0.2, 0.25) is 0 Å². The maximum atomic E-state index is 3.81. The third-order valence-corrected chi connectivity index (χ3v) is 4.63. The minimum Gasteiger partial charge on any atom is -0.311 e. The summed E-state index contributed by atoms with van der Waals surface area (Å²) >= 11 is 2.11. The number of hydrogen-bond acceptors (Lipinski definition) is 2. The summed E-state index contributed by atoms with van der Waals surface area (Å²) in [4.78, 5) is 0. The Bertz CT molecular complexity index is 150. The molecule has 2 heteroatoms. The zero-order chi connectivity index (χ0) is 9.10. The van der Waals surface area contributed by atoms with Crippen LogP contribution in [-0.4, -0.2) is 23.6 Å². The Morgan fingerprint density at radius 3 is 2.38 bits per heavy atom. The minimum atomic E-state index is 0.779. The molecule has 13 heavy (non-hydrogen) atoms. The first-order valence-electron chi connectivity index (χ1n) is 5.70. The van der Waals surface area contributed by atoms with E-state index in [1.807, 2.05) is 0 Å². The Labute approximate surface area is 86.0 Å². The van der Waals surface area contributed by atoms with E-state index < -0.39 is 0 Å². The summed E-state index contributed by atoms with van der Waals surface area (Å²) in [5, 5.41) is 3.81.